The quantitative estimate of drug-likeness (QED) is 0.884. The molecule has 0 amide bonds. The molecule has 2 aromatic heterocycles. The number of rotatable bonds is 5. The van der Waals surface area contributed by atoms with E-state index in [9.17, 15) is 0 Å². The second kappa shape index (κ2) is 6.82. The van der Waals surface area contributed by atoms with Crippen molar-refractivity contribution in [2.45, 2.75) is 32.4 Å². The molecule has 6 nitrogen and oxygen atoms in total. The molecule has 7 heteroatoms. The normalized spacial score (nSPS) is 18.4. The third-order valence-corrected chi connectivity index (χ3v) is 4.35. The van der Waals surface area contributed by atoms with Crippen LogP contribution < -0.4 is 10.6 Å². The minimum absolute atomic E-state index is 0.338. The van der Waals surface area contributed by atoms with Crippen molar-refractivity contribution < 1.29 is 4.74 Å². The summed E-state index contributed by atoms with van der Waals surface area (Å²) in [5.74, 6) is 1.47. The summed E-state index contributed by atoms with van der Waals surface area (Å²) in [6.07, 6.45) is 3.98. The van der Waals surface area contributed by atoms with Crippen molar-refractivity contribution in [1.82, 2.24) is 15.0 Å². The lowest BCUT2D eigenvalue weighted by atomic mass is 10.1. The predicted molar refractivity (Wildman–Crippen MR) is 83.7 cm³/mol. The van der Waals surface area contributed by atoms with E-state index < -0.39 is 0 Å². The fourth-order valence-electron chi connectivity index (χ4n) is 2.24. The zero-order valence-electron chi connectivity index (χ0n) is 12.0. The van der Waals surface area contributed by atoms with Crippen molar-refractivity contribution in [3.63, 3.8) is 0 Å². The number of ether oxygens (including phenoxy) is 1. The highest BCUT2D eigenvalue weighted by molar-refractivity contribution is 7.09. The predicted octanol–water partition coefficient (Wildman–Crippen LogP) is 2.44. The van der Waals surface area contributed by atoms with Gasteiger partial charge in [-0.25, -0.2) is 9.97 Å². The molecule has 0 bridgehead atoms. The van der Waals surface area contributed by atoms with E-state index in [0.29, 0.717) is 18.5 Å². The lowest BCUT2D eigenvalue weighted by Crippen LogP contribution is -2.30. The van der Waals surface area contributed by atoms with Crippen LogP contribution in [0.25, 0.3) is 0 Å². The van der Waals surface area contributed by atoms with Gasteiger partial charge in [0.15, 0.2) is 0 Å². The van der Waals surface area contributed by atoms with Crippen LogP contribution in [0.2, 0.25) is 0 Å². The van der Waals surface area contributed by atoms with Crippen LogP contribution in [0.1, 0.15) is 23.4 Å². The van der Waals surface area contributed by atoms with Crippen molar-refractivity contribution in [3.8, 4) is 0 Å². The second-order valence-electron chi connectivity index (χ2n) is 5.04. The molecule has 0 saturated carbocycles. The van der Waals surface area contributed by atoms with Crippen molar-refractivity contribution in [2.24, 2.45) is 0 Å². The Morgan fingerprint density at radius 2 is 2.38 bits per heavy atom. The Bertz CT molecular complexity index is 582. The van der Waals surface area contributed by atoms with Crippen molar-refractivity contribution in [3.05, 3.63) is 28.3 Å². The third-order valence-electron chi connectivity index (χ3n) is 3.42. The lowest BCUT2D eigenvalue weighted by Gasteiger charge is -2.23. The minimum Gasteiger partial charge on any atom is -0.379 e. The SMILES string of the molecule is Cc1ncsc1CNc1nccc(N[C@@H]2CCCOC2)n1. The molecule has 1 saturated heterocycles. The van der Waals surface area contributed by atoms with E-state index in [0.717, 1.165) is 37.6 Å². The molecular formula is C14H19N5OS. The molecule has 1 atom stereocenters. The largest absolute Gasteiger partial charge is 0.379 e. The van der Waals surface area contributed by atoms with Crippen LogP contribution in [0.4, 0.5) is 11.8 Å². The molecule has 0 unspecified atom stereocenters. The number of aryl methyl sites for hydroxylation is 1. The van der Waals surface area contributed by atoms with E-state index in [1.807, 2.05) is 18.5 Å². The van der Waals surface area contributed by atoms with Crippen LogP contribution in [-0.4, -0.2) is 34.2 Å². The maximum atomic E-state index is 5.47. The topological polar surface area (TPSA) is 72.0 Å². The summed E-state index contributed by atoms with van der Waals surface area (Å²) in [6, 6.07) is 2.22. The van der Waals surface area contributed by atoms with Gasteiger partial charge in [0.25, 0.3) is 0 Å². The molecule has 0 aliphatic carbocycles. The summed E-state index contributed by atoms with van der Waals surface area (Å²) >= 11 is 1.64. The van der Waals surface area contributed by atoms with Gasteiger partial charge >= 0.3 is 0 Å². The summed E-state index contributed by atoms with van der Waals surface area (Å²) in [5.41, 5.74) is 2.91. The van der Waals surface area contributed by atoms with Crippen molar-refractivity contribution in [1.29, 1.82) is 0 Å². The van der Waals surface area contributed by atoms with Crippen LogP contribution in [0.15, 0.2) is 17.8 Å². The van der Waals surface area contributed by atoms with Gasteiger partial charge in [-0.05, 0) is 25.8 Å². The zero-order valence-corrected chi connectivity index (χ0v) is 12.8. The van der Waals surface area contributed by atoms with Gasteiger partial charge in [0, 0.05) is 17.7 Å². The van der Waals surface area contributed by atoms with Crippen LogP contribution in [0, 0.1) is 6.92 Å². The first-order valence-electron chi connectivity index (χ1n) is 7.11. The molecule has 2 N–H and O–H groups in total. The van der Waals surface area contributed by atoms with Crippen molar-refractivity contribution in [2.75, 3.05) is 23.8 Å². The summed E-state index contributed by atoms with van der Waals surface area (Å²) in [7, 11) is 0. The Morgan fingerprint density at radius 3 is 3.14 bits per heavy atom. The van der Waals surface area contributed by atoms with Gasteiger partial charge in [-0.1, -0.05) is 0 Å². The van der Waals surface area contributed by atoms with Gasteiger partial charge < -0.3 is 15.4 Å². The molecule has 3 rings (SSSR count). The third kappa shape index (κ3) is 3.89. The standard InChI is InChI=1S/C14H19N5OS/c1-10-12(21-9-17-10)7-16-14-15-5-4-13(19-14)18-11-3-2-6-20-8-11/h4-5,9,11H,2-3,6-8H2,1H3,(H2,15,16,18,19)/t11-/m1/s1. The van der Waals surface area contributed by atoms with Crippen LogP contribution in [0.3, 0.4) is 0 Å². The minimum atomic E-state index is 0.338. The second-order valence-corrected chi connectivity index (χ2v) is 5.98. The molecule has 0 aromatic carbocycles. The average molecular weight is 305 g/mol. The van der Waals surface area contributed by atoms with Gasteiger partial charge in [0.1, 0.15) is 5.82 Å². The van der Waals surface area contributed by atoms with E-state index in [4.69, 9.17) is 4.74 Å². The highest BCUT2D eigenvalue weighted by Crippen LogP contribution is 2.16. The van der Waals surface area contributed by atoms with Gasteiger partial charge in [0.05, 0.1) is 30.4 Å². The summed E-state index contributed by atoms with van der Waals surface area (Å²) < 4.78 is 5.47. The van der Waals surface area contributed by atoms with Crippen LogP contribution in [-0.2, 0) is 11.3 Å². The van der Waals surface area contributed by atoms with Crippen molar-refractivity contribution >= 4 is 23.1 Å². The number of nitrogens with one attached hydrogen (secondary N) is 2. The molecule has 0 radical (unpaired) electrons. The van der Waals surface area contributed by atoms with Gasteiger partial charge in [-0.3, -0.25) is 0 Å². The molecule has 0 spiro atoms. The number of aromatic nitrogens is 3. The molecule has 3 heterocycles. The fraction of sp³-hybridized carbons (Fsp3) is 0.500. The van der Waals surface area contributed by atoms with Crippen LogP contribution in [0.5, 0.6) is 0 Å². The Hall–Kier alpha value is -1.73. The number of hydrogen-bond acceptors (Lipinski definition) is 7. The first kappa shape index (κ1) is 14.2. The summed E-state index contributed by atoms with van der Waals surface area (Å²) in [5, 5.41) is 6.64. The maximum Gasteiger partial charge on any atom is 0.224 e. The number of thiazole rings is 1. The Balaban J connectivity index is 1.58. The lowest BCUT2D eigenvalue weighted by molar-refractivity contribution is 0.0875. The average Bonchev–Trinajstić information content (AvgIpc) is 2.92. The smallest absolute Gasteiger partial charge is 0.224 e. The highest BCUT2D eigenvalue weighted by Gasteiger charge is 2.14. The van der Waals surface area contributed by atoms with Crippen LogP contribution >= 0.6 is 11.3 Å². The summed E-state index contributed by atoms with van der Waals surface area (Å²) in [6.45, 7) is 4.32. The molecule has 21 heavy (non-hydrogen) atoms. The van der Waals surface area contributed by atoms with E-state index in [1.54, 1.807) is 17.5 Å². The molecule has 1 fully saturated rings. The van der Waals surface area contributed by atoms with E-state index in [-0.39, 0.29) is 0 Å². The first-order valence-corrected chi connectivity index (χ1v) is 7.99. The summed E-state index contributed by atoms with van der Waals surface area (Å²) in [4.78, 5) is 14.2. The first-order chi connectivity index (χ1) is 10.3. The fourth-order valence-corrected chi connectivity index (χ4v) is 2.96. The van der Waals surface area contributed by atoms with E-state index >= 15 is 0 Å². The Labute approximate surface area is 128 Å². The Morgan fingerprint density at radius 1 is 1.43 bits per heavy atom. The number of hydrogen-bond donors (Lipinski definition) is 2. The van der Waals surface area contributed by atoms with Gasteiger partial charge in [-0.15, -0.1) is 11.3 Å². The molecule has 1 aliphatic rings. The van der Waals surface area contributed by atoms with Gasteiger partial charge in [-0.2, -0.15) is 4.98 Å². The van der Waals surface area contributed by atoms with E-state index in [2.05, 4.69) is 25.6 Å². The molecule has 112 valence electrons. The Kier molecular flexibility index (Phi) is 4.62. The monoisotopic (exact) mass is 305 g/mol. The van der Waals surface area contributed by atoms with E-state index in [1.165, 1.54) is 4.88 Å². The molecular weight excluding hydrogens is 286 g/mol. The molecule has 2 aromatic rings. The number of nitrogens with zero attached hydrogens (tertiary/aromatic N) is 3. The molecule has 1 aliphatic heterocycles. The van der Waals surface area contributed by atoms with Gasteiger partial charge in [0.2, 0.25) is 5.95 Å². The maximum absolute atomic E-state index is 5.47. The highest BCUT2D eigenvalue weighted by atomic mass is 32.1. The number of anilines is 2. The zero-order chi connectivity index (χ0) is 14.5.